The molecule has 5 nitrogen and oxygen atoms in total. The number of hydrogen-bond donors (Lipinski definition) is 2. The first-order chi connectivity index (χ1) is 10.7. The Balaban J connectivity index is 1.51. The number of aryl methyl sites for hydroxylation is 2. The summed E-state index contributed by atoms with van der Waals surface area (Å²) in [4.78, 5) is 12.3. The third-order valence-electron chi connectivity index (χ3n) is 5.11. The van der Waals surface area contributed by atoms with Gasteiger partial charge in [-0.2, -0.15) is 0 Å². The summed E-state index contributed by atoms with van der Waals surface area (Å²) in [5.41, 5.74) is 2.04. The third kappa shape index (κ3) is 3.35. The van der Waals surface area contributed by atoms with Crippen LogP contribution in [0.2, 0.25) is 0 Å². The standard InChI is InChI=1S/C17H27N3O2/c1-3-15-14(16(4-2)22-20-15)10-18-17(21)9-11-7-12-5-6-13(8-11)19-12/h11-13,19H,3-10H2,1-2H3,(H,18,21). The smallest absolute Gasteiger partial charge is 0.220 e. The maximum atomic E-state index is 12.3. The summed E-state index contributed by atoms with van der Waals surface area (Å²) < 4.78 is 5.34. The molecule has 2 saturated heterocycles. The van der Waals surface area contributed by atoms with Gasteiger partial charge in [0.05, 0.1) is 5.69 Å². The van der Waals surface area contributed by atoms with E-state index in [1.54, 1.807) is 0 Å². The number of amides is 1. The van der Waals surface area contributed by atoms with Crippen molar-refractivity contribution in [1.29, 1.82) is 0 Å². The fraction of sp³-hybridized carbons (Fsp3) is 0.765. The number of nitrogens with zero attached hydrogens (tertiary/aromatic N) is 1. The highest BCUT2D eigenvalue weighted by atomic mass is 16.5. The van der Waals surface area contributed by atoms with Crippen molar-refractivity contribution in [2.75, 3.05) is 0 Å². The van der Waals surface area contributed by atoms with Gasteiger partial charge in [-0.15, -0.1) is 0 Å². The number of carbonyl (C=O) groups excluding carboxylic acids is 1. The number of hydrogen-bond acceptors (Lipinski definition) is 4. The van der Waals surface area contributed by atoms with E-state index >= 15 is 0 Å². The van der Waals surface area contributed by atoms with Gasteiger partial charge < -0.3 is 15.2 Å². The van der Waals surface area contributed by atoms with Crippen LogP contribution in [0.1, 0.15) is 63.0 Å². The Morgan fingerprint density at radius 3 is 2.64 bits per heavy atom. The summed E-state index contributed by atoms with van der Waals surface area (Å²) in [6.45, 7) is 4.66. The van der Waals surface area contributed by atoms with E-state index in [0.717, 1.165) is 42.7 Å². The van der Waals surface area contributed by atoms with Gasteiger partial charge in [0.2, 0.25) is 5.91 Å². The van der Waals surface area contributed by atoms with Crippen LogP contribution in [-0.4, -0.2) is 23.1 Å². The van der Waals surface area contributed by atoms with Crippen molar-refractivity contribution < 1.29 is 9.32 Å². The fourth-order valence-corrected chi connectivity index (χ4v) is 4.00. The molecule has 2 unspecified atom stereocenters. The van der Waals surface area contributed by atoms with Crippen molar-refractivity contribution >= 4 is 5.91 Å². The maximum Gasteiger partial charge on any atom is 0.220 e. The minimum Gasteiger partial charge on any atom is -0.361 e. The molecular weight excluding hydrogens is 278 g/mol. The minimum atomic E-state index is 0.164. The Kier molecular flexibility index (Phi) is 4.81. The largest absolute Gasteiger partial charge is 0.361 e. The zero-order valence-electron chi connectivity index (χ0n) is 13.7. The summed E-state index contributed by atoms with van der Waals surface area (Å²) in [6, 6.07) is 1.29. The van der Waals surface area contributed by atoms with E-state index in [1.807, 2.05) is 0 Å². The second-order valence-electron chi connectivity index (χ2n) is 6.69. The fourth-order valence-electron chi connectivity index (χ4n) is 4.00. The molecular formula is C17H27N3O2. The molecule has 0 aromatic carbocycles. The molecule has 3 rings (SSSR count). The van der Waals surface area contributed by atoms with Gasteiger partial charge in [-0.25, -0.2) is 0 Å². The van der Waals surface area contributed by atoms with Crippen LogP contribution in [0.5, 0.6) is 0 Å². The Morgan fingerprint density at radius 2 is 2.00 bits per heavy atom. The molecule has 2 atom stereocenters. The van der Waals surface area contributed by atoms with Crippen LogP contribution < -0.4 is 10.6 Å². The SMILES string of the molecule is CCc1noc(CC)c1CNC(=O)CC1CC2CCC(C1)N2. The van der Waals surface area contributed by atoms with Crippen molar-refractivity contribution in [3.63, 3.8) is 0 Å². The quantitative estimate of drug-likeness (QED) is 0.846. The van der Waals surface area contributed by atoms with Crippen LogP contribution in [0.3, 0.4) is 0 Å². The molecule has 122 valence electrons. The first-order valence-corrected chi connectivity index (χ1v) is 8.68. The lowest BCUT2D eigenvalue weighted by Crippen LogP contribution is -2.39. The van der Waals surface area contributed by atoms with Crippen LogP contribution >= 0.6 is 0 Å². The monoisotopic (exact) mass is 305 g/mol. The average Bonchev–Trinajstić information content (AvgIpc) is 3.07. The van der Waals surface area contributed by atoms with Crippen LogP contribution in [0.25, 0.3) is 0 Å². The molecule has 2 bridgehead atoms. The van der Waals surface area contributed by atoms with Crippen molar-refractivity contribution in [2.45, 2.75) is 77.4 Å². The third-order valence-corrected chi connectivity index (χ3v) is 5.11. The van der Waals surface area contributed by atoms with Crippen molar-refractivity contribution in [1.82, 2.24) is 15.8 Å². The van der Waals surface area contributed by atoms with Gasteiger partial charge in [0.1, 0.15) is 5.76 Å². The van der Waals surface area contributed by atoms with Gasteiger partial charge in [0, 0.05) is 37.0 Å². The summed E-state index contributed by atoms with van der Waals surface area (Å²) in [5, 5.41) is 10.8. The molecule has 2 aliphatic rings. The second kappa shape index (κ2) is 6.82. The van der Waals surface area contributed by atoms with Crippen LogP contribution in [0.4, 0.5) is 0 Å². The Hall–Kier alpha value is -1.36. The molecule has 1 amide bonds. The van der Waals surface area contributed by atoms with Crippen LogP contribution in [0, 0.1) is 5.92 Å². The molecule has 1 aromatic heterocycles. The molecule has 0 spiro atoms. The number of carbonyl (C=O) groups is 1. The van der Waals surface area contributed by atoms with Crippen molar-refractivity contribution in [3.05, 3.63) is 17.0 Å². The molecule has 0 aliphatic carbocycles. The summed E-state index contributed by atoms with van der Waals surface area (Å²) in [5.74, 6) is 1.60. The van der Waals surface area contributed by atoms with E-state index < -0.39 is 0 Å². The van der Waals surface area contributed by atoms with Gasteiger partial charge >= 0.3 is 0 Å². The summed E-state index contributed by atoms with van der Waals surface area (Å²) in [7, 11) is 0. The Morgan fingerprint density at radius 1 is 1.27 bits per heavy atom. The zero-order valence-corrected chi connectivity index (χ0v) is 13.7. The highest BCUT2D eigenvalue weighted by Gasteiger charge is 2.34. The molecule has 0 saturated carbocycles. The van der Waals surface area contributed by atoms with Gasteiger partial charge in [-0.3, -0.25) is 4.79 Å². The van der Waals surface area contributed by atoms with Crippen molar-refractivity contribution in [3.8, 4) is 0 Å². The normalized spacial score (nSPS) is 27.1. The minimum absolute atomic E-state index is 0.164. The first kappa shape index (κ1) is 15.5. The predicted molar refractivity (Wildman–Crippen MR) is 84.4 cm³/mol. The number of piperidine rings is 1. The summed E-state index contributed by atoms with van der Waals surface area (Å²) >= 11 is 0. The van der Waals surface area contributed by atoms with Gasteiger partial charge in [0.25, 0.3) is 0 Å². The van der Waals surface area contributed by atoms with E-state index in [-0.39, 0.29) is 5.91 Å². The number of fused-ring (bicyclic) bond motifs is 2. The molecule has 3 heterocycles. The highest BCUT2D eigenvalue weighted by Crippen LogP contribution is 2.32. The molecule has 2 fully saturated rings. The van der Waals surface area contributed by atoms with E-state index in [4.69, 9.17) is 4.52 Å². The predicted octanol–water partition coefficient (Wildman–Crippen LogP) is 2.34. The number of rotatable bonds is 6. The van der Waals surface area contributed by atoms with E-state index in [0.29, 0.717) is 31.0 Å². The van der Waals surface area contributed by atoms with E-state index in [1.165, 1.54) is 12.8 Å². The molecule has 2 N–H and O–H groups in total. The number of aromatic nitrogens is 1. The molecule has 2 aliphatic heterocycles. The molecule has 22 heavy (non-hydrogen) atoms. The second-order valence-corrected chi connectivity index (χ2v) is 6.69. The van der Waals surface area contributed by atoms with Gasteiger partial charge in [-0.05, 0) is 38.0 Å². The molecule has 1 aromatic rings. The van der Waals surface area contributed by atoms with Gasteiger partial charge in [-0.1, -0.05) is 19.0 Å². The first-order valence-electron chi connectivity index (χ1n) is 8.68. The Bertz CT molecular complexity index is 492. The zero-order chi connectivity index (χ0) is 15.5. The highest BCUT2D eigenvalue weighted by molar-refractivity contribution is 5.76. The Labute approximate surface area is 132 Å². The average molecular weight is 305 g/mol. The molecule has 5 heteroatoms. The van der Waals surface area contributed by atoms with Crippen molar-refractivity contribution in [2.24, 2.45) is 5.92 Å². The summed E-state index contributed by atoms with van der Waals surface area (Å²) in [6.07, 6.45) is 7.17. The van der Waals surface area contributed by atoms with E-state index in [9.17, 15) is 4.79 Å². The lowest BCUT2D eigenvalue weighted by Gasteiger charge is -2.28. The lowest BCUT2D eigenvalue weighted by atomic mass is 9.89. The van der Waals surface area contributed by atoms with Gasteiger partial charge in [0.15, 0.2) is 0 Å². The van der Waals surface area contributed by atoms with Crippen LogP contribution in [0.15, 0.2) is 4.52 Å². The lowest BCUT2D eigenvalue weighted by molar-refractivity contribution is -0.122. The van der Waals surface area contributed by atoms with Crippen LogP contribution in [-0.2, 0) is 24.2 Å². The number of nitrogens with one attached hydrogen (secondary N) is 2. The topological polar surface area (TPSA) is 67.2 Å². The molecule has 0 radical (unpaired) electrons. The van der Waals surface area contributed by atoms with E-state index in [2.05, 4.69) is 29.6 Å². The maximum absolute atomic E-state index is 12.3.